The molecule has 0 saturated carbocycles. The fraction of sp³-hybridized carbons (Fsp3) is 0.577. The molecule has 0 aliphatic carbocycles. The highest BCUT2D eigenvalue weighted by Crippen LogP contribution is 2.37. The summed E-state index contributed by atoms with van der Waals surface area (Å²) in [6, 6.07) is 2.99. The number of carbonyl (C=O) groups is 1. The van der Waals surface area contributed by atoms with Gasteiger partial charge < -0.3 is 23.8 Å². The van der Waals surface area contributed by atoms with Crippen LogP contribution in [0.3, 0.4) is 0 Å². The summed E-state index contributed by atoms with van der Waals surface area (Å²) >= 11 is 0. The van der Waals surface area contributed by atoms with E-state index in [0.717, 1.165) is 6.07 Å². The van der Waals surface area contributed by atoms with Crippen LogP contribution in [0.2, 0.25) is 0 Å². The normalized spacial score (nSPS) is 18.3. The van der Waals surface area contributed by atoms with Crippen LogP contribution >= 0.6 is 0 Å². The zero-order chi connectivity index (χ0) is 28.5. The molecule has 210 valence electrons. The highest BCUT2D eigenvalue weighted by Gasteiger charge is 2.38. The van der Waals surface area contributed by atoms with Gasteiger partial charge in [-0.3, -0.25) is 0 Å². The van der Waals surface area contributed by atoms with Crippen LogP contribution < -0.4 is 9.64 Å². The molecule has 4 rings (SSSR count). The number of alkyl halides is 3. The van der Waals surface area contributed by atoms with E-state index in [1.165, 1.54) is 12.5 Å². The predicted molar refractivity (Wildman–Crippen MR) is 137 cm³/mol. The van der Waals surface area contributed by atoms with E-state index in [-0.39, 0.29) is 29.9 Å². The largest absolute Gasteiger partial charge is 0.477 e. The molecule has 4 heterocycles. The van der Waals surface area contributed by atoms with Gasteiger partial charge >= 0.3 is 12.3 Å². The smallest absolute Gasteiger partial charge is 0.421 e. The van der Waals surface area contributed by atoms with Crippen molar-refractivity contribution in [3.05, 3.63) is 35.4 Å². The first-order chi connectivity index (χ1) is 18.3. The molecule has 2 aromatic heterocycles. The number of pyridine rings is 1. The van der Waals surface area contributed by atoms with Crippen molar-refractivity contribution in [3.63, 3.8) is 0 Å². The predicted octanol–water partition coefficient (Wildman–Crippen LogP) is 4.39. The fourth-order valence-corrected chi connectivity index (χ4v) is 4.67. The minimum Gasteiger partial charge on any atom is -0.477 e. The number of imidazole rings is 1. The van der Waals surface area contributed by atoms with Gasteiger partial charge in [-0.05, 0) is 52.0 Å². The van der Waals surface area contributed by atoms with Gasteiger partial charge in [0.15, 0.2) is 0 Å². The van der Waals surface area contributed by atoms with E-state index in [1.54, 1.807) is 28.5 Å². The Hall–Kier alpha value is -3.82. The molecular formula is C26H32F3N7O3. The third-order valence-electron chi connectivity index (χ3n) is 6.66. The van der Waals surface area contributed by atoms with Crippen molar-refractivity contribution in [2.24, 2.45) is 18.0 Å². The van der Waals surface area contributed by atoms with Gasteiger partial charge in [-0.1, -0.05) is 0 Å². The van der Waals surface area contributed by atoms with Gasteiger partial charge in [0.25, 0.3) is 0 Å². The summed E-state index contributed by atoms with van der Waals surface area (Å²) in [4.78, 5) is 28.1. The third kappa shape index (κ3) is 6.26. The van der Waals surface area contributed by atoms with E-state index >= 15 is 0 Å². The van der Waals surface area contributed by atoms with Gasteiger partial charge in [-0.25, -0.2) is 19.8 Å². The number of fused-ring (bicyclic) bond motifs is 1. The number of halogens is 3. The van der Waals surface area contributed by atoms with E-state index < -0.39 is 29.4 Å². The molecule has 2 aliphatic heterocycles. The molecule has 0 bridgehead atoms. The zero-order valence-corrected chi connectivity index (χ0v) is 22.6. The Bertz CT molecular complexity index is 1290. The van der Waals surface area contributed by atoms with Crippen molar-refractivity contribution in [1.82, 2.24) is 19.4 Å². The van der Waals surface area contributed by atoms with E-state index in [4.69, 9.17) is 9.47 Å². The number of amides is 1. The minimum absolute atomic E-state index is 0.0547. The topological polar surface area (TPSA) is 109 Å². The summed E-state index contributed by atoms with van der Waals surface area (Å²) in [5.41, 5.74) is -0.966. The molecule has 0 spiro atoms. The maximum absolute atomic E-state index is 14.0. The number of nitriles is 1. The number of hydrogen-bond acceptors (Lipinski definition) is 8. The van der Waals surface area contributed by atoms with Crippen molar-refractivity contribution in [2.75, 3.05) is 31.6 Å². The summed E-state index contributed by atoms with van der Waals surface area (Å²) in [5, 5.41) is 9.53. The molecule has 0 radical (unpaired) electrons. The van der Waals surface area contributed by atoms with Gasteiger partial charge in [0.05, 0.1) is 18.6 Å². The average Bonchev–Trinajstić information content (AvgIpc) is 3.25. The van der Waals surface area contributed by atoms with Gasteiger partial charge in [0.2, 0.25) is 12.0 Å². The maximum Gasteiger partial charge on any atom is 0.421 e. The molecule has 2 aliphatic rings. The number of carbonyl (C=O) groups excluding carboxylic acids is 1. The summed E-state index contributed by atoms with van der Waals surface area (Å²) in [7, 11) is 3.41. The highest BCUT2D eigenvalue weighted by molar-refractivity contribution is 6.15. The summed E-state index contributed by atoms with van der Waals surface area (Å²) in [5.74, 6) is 0.263. The molecule has 2 aromatic rings. The molecular weight excluding hydrogens is 515 g/mol. The van der Waals surface area contributed by atoms with Gasteiger partial charge in [0.1, 0.15) is 28.7 Å². The second kappa shape index (κ2) is 10.7. The molecule has 1 unspecified atom stereocenters. The number of ether oxygens (including phenoxy) is 2. The number of piperidine rings is 1. The van der Waals surface area contributed by atoms with Crippen LogP contribution in [0.15, 0.2) is 23.6 Å². The molecule has 1 atom stereocenters. The van der Waals surface area contributed by atoms with Crippen LogP contribution in [0.1, 0.15) is 56.9 Å². The number of nitrogens with zero attached hydrogens (tertiary/aromatic N) is 7. The number of aryl methyl sites for hydroxylation is 1. The van der Waals surface area contributed by atoms with E-state index in [0.29, 0.717) is 43.9 Å². The van der Waals surface area contributed by atoms with Gasteiger partial charge in [-0.15, -0.1) is 0 Å². The fourth-order valence-electron chi connectivity index (χ4n) is 4.67. The molecule has 1 amide bonds. The first-order valence-electron chi connectivity index (χ1n) is 12.7. The lowest BCUT2D eigenvalue weighted by Crippen LogP contribution is -2.41. The summed E-state index contributed by atoms with van der Waals surface area (Å²) < 4.78 is 54.7. The molecule has 0 N–H and O–H groups in total. The van der Waals surface area contributed by atoms with Crippen LogP contribution in [0.4, 0.5) is 23.8 Å². The Morgan fingerprint density at radius 2 is 1.87 bits per heavy atom. The second-order valence-electron chi connectivity index (χ2n) is 10.7. The number of likely N-dealkylation sites (tertiary alicyclic amines) is 1. The number of rotatable bonds is 5. The summed E-state index contributed by atoms with van der Waals surface area (Å²) in [6.45, 7) is 6.53. The average molecular weight is 548 g/mol. The zero-order valence-electron chi connectivity index (χ0n) is 22.6. The van der Waals surface area contributed by atoms with Crippen LogP contribution in [0, 0.1) is 17.2 Å². The quantitative estimate of drug-likeness (QED) is 0.546. The monoisotopic (exact) mass is 547 g/mol. The number of aromatic nitrogens is 3. The van der Waals surface area contributed by atoms with Crippen molar-refractivity contribution in [3.8, 4) is 11.9 Å². The lowest BCUT2D eigenvalue weighted by atomic mass is 9.94. The van der Waals surface area contributed by atoms with E-state index in [2.05, 4.69) is 15.0 Å². The Balaban J connectivity index is 1.44. The van der Waals surface area contributed by atoms with Crippen LogP contribution in [-0.4, -0.2) is 69.8 Å². The molecule has 0 aromatic carbocycles. The highest BCUT2D eigenvalue weighted by atomic mass is 19.4. The number of hydrogen-bond donors (Lipinski definition) is 0. The third-order valence-corrected chi connectivity index (χ3v) is 6.66. The Morgan fingerprint density at radius 3 is 2.49 bits per heavy atom. The lowest BCUT2D eigenvalue weighted by Gasteiger charge is -2.33. The van der Waals surface area contributed by atoms with Crippen LogP contribution in [0.25, 0.3) is 0 Å². The number of aliphatic imine (C=N–C) groups is 1. The van der Waals surface area contributed by atoms with Gasteiger partial charge in [0, 0.05) is 38.9 Å². The molecule has 39 heavy (non-hydrogen) atoms. The molecule has 13 heteroatoms. The summed E-state index contributed by atoms with van der Waals surface area (Å²) in [6.07, 6.45) is -1.26. The minimum atomic E-state index is -4.72. The SMILES string of the molecule is CN1c2c(ncn2C)C(c2cnc(OCCC3CCN(C(=O)OC(C)(C)C)CC3)c(C(F)(F)F)c2)=NC1C#N. The van der Waals surface area contributed by atoms with Crippen LogP contribution in [-0.2, 0) is 18.0 Å². The van der Waals surface area contributed by atoms with Crippen molar-refractivity contribution < 1.29 is 27.4 Å². The molecule has 1 fully saturated rings. The Kier molecular flexibility index (Phi) is 7.77. The van der Waals surface area contributed by atoms with Crippen molar-refractivity contribution in [2.45, 2.75) is 58.0 Å². The van der Waals surface area contributed by atoms with Crippen molar-refractivity contribution in [1.29, 1.82) is 5.26 Å². The van der Waals surface area contributed by atoms with Crippen molar-refractivity contribution >= 4 is 17.6 Å². The maximum atomic E-state index is 14.0. The Labute approximate surface area is 225 Å². The van der Waals surface area contributed by atoms with Gasteiger partial charge in [-0.2, -0.15) is 18.4 Å². The van der Waals surface area contributed by atoms with Crippen LogP contribution in [0.5, 0.6) is 5.88 Å². The lowest BCUT2D eigenvalue weighted by molar-refractivity contribution is -0.139. The first kappa shape index (κ1) is 28.2. The molecule has 10 nitrogen and oxygen atoms in total. The number of anilines is 1. The second-order valence-corrected chi connectivity index (χ2v) is 10.7. The van der Waals surface area contributed by atoms with E-state index in [1.807, 2.05) is 26.8 Å². The Morgan fingerprint density at radius 1 is 1.18 bits per heavy atom. The first-order valence-corrected chi connectivity index (χ1v) is 12.7. The van der Waals surface area contributed by atoms with E-state index in [9.17, 15) is 23.2 Å². The molecule has 1 saturated heterocycles. The standard InChI is InChI=1S/C26H32F3N7O3/c1-25(2,3)39-24(37)36-9-6-16(7-10-36)8-11-38-22-18(26(27,28)29)12-17(14-31-22)20-21-23(34(4)15-32-21)35(5)19(13-30)33-20/h12,14-16,19H,6-11H2,1-5H3.